The molecule has 6 nitrogen and oxygen atoms in total. The average molecular weight is 348 g/mol. The van der Waals surface area contributed by atoms with Crippen LogP contribution in [-0.4, -0.2) is 57.8 Å². The maximum absolute atomic E-state index is 5.55. The van der Waals surface area contributed by atoms with Gasteiger partial charge in [0.25, 0.3) is 0 Å². The highest BCUT2D eigenvalue weighted by atomic mass is 16.5. The van der Waals surface area contributed by atoms with Crippen LogP contribution in [0, 0.1) is 0 Å². The molecule has 0 saturated carbocycles. The summed E-state index contributed by atoms with van der Waals surface area (Å²) in [4.78, 5) is 6.84. The van der Waals surface area contributed by atoms with E-state index in [1.165, 1.54) is 38.9 Å². The van der Waals surface area contributed by atoms with Gasteiger partial charge in [-0.3, -0.25) is 4.99 Å². The Morgan fingerprint density at radius 1 is 1.20 bits per heavy atom. The van der Waals surface area contributed by atoms with Gasteiger partial charge in [-0.15, -0.1) is 0 Å². The number of likely N-dealkylation sites (tertiary alicyclic amines) is 1. The lowest BCUT2D eigenvalue weighted by molar-refractivity contribution is 0.311. The summed E-state index contributed by atoms with van der Waals surface area (Å²) in [7, 11) is 3.43. The molecule has 0 spiro atoms. The molecule has 1 fully saturated rings. The van der Waals surface area contributed by atoms with Crippen molar-refractivity contribution in [3.05, 3.63) is 18.2 Å². The maximum atomic E-state index is 5.55. The molecule has 0 radical (unpaired) electrons. The second kappa shape index (κ2) is 10.8. The third-order valence-electron chi connectivity index (χ3n) is 4.34. The highest BCUT2D eigenvalue weighted by molar-refractivity contribution is 5.93. The SMILES string of the molecule is CCOc1ccc(NC(=NC)NCCCCN2CCCC2)cc1OC. The normalized spacial score (nSPS) is 15.2. The standard InChI is InChI=1S/C19H32N4O2/c1-4-25-17-10-9-16(15-18(17)24-3)22-19(20-2)21-11-5-6-12-23-13-7-8-14-23/h9-10,15H,4-8,11-14H2,1-3H3,(H2,20,21,22). The molecule has 1 aromatic rings. The molecule has 2 N–H and O–H groups in total. The summed E-state index contributed by atoms with van der Waals surface area (Å²) < 4.78 is 10.9. The van der Waals surface area contributed by atoms with Crippen LogP contribution in [0.1, 0.15) is 32.6 Å². The average Bonchev–Trinajstić information content (AvgIpc) is 3.15. The Balaban J connectivity index is 1.75. The van der Waals surface area contributed by atoms with E-state index in [-0.39, 0.29) is 0 Å². The van der Waals surface area contributed by atoms with E-state index in [2.05, 4.69) is 20.5 Å². The first-order valence-corrected chi connectivity index (χ1v) is 9.27. The lowest BCUT2D eigenvalue weighted by Gasteiger charge is -2.16. The number of unbranched alkanes of at least 4 members (excludes halogenated alkanes) is 1. The number of hydrogen-bond acceptors (Lipinski definition) is 4. The number of nitrogens with one attached hydrogen (secondary N) is 2. The number of benzene rings is 1. The molecule has 140 valence electrons. The predicted molar refractivity (Wildman–Crippen MR) is 104 cm³/mol. The summed E-state index contributed by atoms with van der Waals surface area (Å²) in [5, 5.41) is 6.67. The van der Waals surface area contributed by atoms with Gasteiger partial charge < -0.3 is 25.0 Å². The Labute approximate surface area is 151 Å². The Bertz CT molecular complexity index is 542. The summed E-state index contributed by atoms with van der Waals surface area (Å²) in [6.45, 7) is 7.25. The number of hydrogen-bond donors (Lipinski definition) is 2. The van der Waals surface area contributed by atoms with Gasteiger partial charge in [-0.1, -0.05) is 0 Å². The lowest BCUT2D eigenvalue weighted by atomic mass is 10.2. The third-order valence-corrected chi connectivity index (χ3v) is 4.34. The minimum Gasteiger partial charge on any atom is -0.493 e. The molecule has 0 aliphatic carbocycles. The van der Waals surface area contributed by atoms with Gasteiger partial charge in [0.1, 0.15) is 0 Å². The molecule has 1 aromatic carbocycles. The van der Waals surface area contributed by atoms with Crippen LogP contribution in [0.3, 0.4) is 0 Å². The van der Waals surface area contributed by atoms with E-state index in [9.17, 15) is 0 Å². The van der Waals surface area contributed by atoms with Crippen LogP contribution in [-0.2, 0) is 0 Å². The lowest BCUT2D eigenvalue weighted by Crippen LogP contribution is -2.32. The van der Waals surface area contributed by atoms with Crippen molar-refractivity contribution in [1.82, 2.24) is 10.2 Å². The van der Waals surface area contributed by atoms with Crippen LogP contribution in [0.2, 0.25) is 0 Å². The second-order valence-corrected chi connectivity index (χ2v) is 6.18. The summed E-state index contributed by atoms with van der Waals surface area (Å²) in [6, 6.07) is 5.80. The first-order chi connectivity index (χ1) is 12.3. The highest BCUT2D eigenvalue weighted by Gasteiger charge is 2.10. The molecule has 1 aliphatic rings. The van der Waals surface area contributed by atoms with Gasteiger partial charge in [-0.2, -0.15) is 0 Å². The van der Waals surface area contributed by atoms with Crippen molar-refractivity contribution in [3.63, 3.8) is 0 Å². The molecule has 1 heterocycles. The van der Waals surface area contributed by atoms with E-state index in [0.717, 1.165) is 30.4 Å². The zero-order valence-electron chi connectivity index (χ0n) is 15.8. The van der Waals surface area contributed by atoms with E-state index in [1.807, 2.05) is 25.1 Å². The van der Waals surface area contributed by atoms with Gasteiger partial charge >= 0.3 is 0 Å². The molecule has 0 bridgehead atoms. The van der Waals surface area contributed by atoms with Crippen molar-refractivity contribution < 1.29 is 9.47 Å². The molecule has 6 heteroatoms. The first kappa shape index (κ1) is 19.4. The molecular formula is C19H32N4O2. The zero-order chi connectivity index (χ0) is 17.9. The zero-order valence-corrected chi connectivity index (χ0v) is 15.8. The van der Waals surface area contributed by atoms with Crippen LogP contribution in [0.25, 0.3) is 0 Å². The van der Waals surface area contributed by atoms with Crippen molar-refractivity contribution in [2.24, 2.45) is 4.99 Å². The molecule has 0 atom stereocenters. The van der Waals surface area contributed by atoms with Crippen LogP contribution < -0.4 is 20.1 Å². The quantitative estimate of drug-likeness (QED) is 0.408. The van der Waals surface area contributed by atoms with Crippen molar-refractivity contribution >= 4 is 11.6 Å². The largest absolute Gasteiger partial charge is 0.493 e. The molecule has 0 unspecified atom stereocenters. The van der Waals surface area contributed by atoms with E-state index < -0.39 is 0 Å². The second-order valence-electron chi connectivity index (χ2n) is 6.18. The molecule has 0 aromatic heterocycles. The van der Waals surface area contributed by atoms with Gasteiger partial charge in [0, 0.05) is 25.3 Å². The Kier molecular flexibility index (Phi) is 8.39. The van der Waals surface area contributed by atoms with Gasteiger partial charge in [-0.25, -0.2) is 0 Å². The van der Waals surface area contributed by atoms with Crippen molar-refractivity contribution in [3.8, 4) is 11.5 Å². The number of guanidine groups is 1. The van der Waals surface area contributed by atoms with Crippen molar-refractivity contribution in [2.75, 3.05) is 52.3 Å². The van der Waals surface area contributed by atoms with E-state index >= 15 is 0 Å². The number of aliphatic imine (C=N–C) groups is 1. The number of ether oxygens (including phenoxy) is 2. The minimum atomic E-state index is 0.615. The number of nitrogens with zero attached hydrogens (tertiary/aromatic N) is 2. The van der Waals surface area contributed by atoms with Gasteiger partial charge in [0.2, 0.25) is 0 Å². The highest BCUT2D eigenvalue weighted by Crippen LogP contribution is 2.30. The number of rotatable bonds is 9. The molecule has 1 saturated heterocycles. The van der Waals surface area contributed by atoms with E-state index in [1.54, 1.807) is 14.2 Å². The van der Waals surface area contributed by atoms with Crippen molar-refractivity contribution in [1.29, 1.82) is 0 Å². The van der Waals surface area contributed by atoms with Gasteiger partial charge in [-0.05, 0) is 64.4 Å². The van der Waals surface area contributed by atoms with Gasteiger partial charge in [0.15, 0.2) is 17.5 Å². The predicted octanol–water partition coefficient (Wildman–Crippen LogP) is 2.96. The fourth-order valence-corrected chi connectivity index (χ4v) is 3.01. The fourth-order valence-electron chi connectivity index (χ4n) is 3.01. The smallest absolute Gasteiger partial charge is 0.195 e. The number of methoxy groups -OCH3 is 1. The maximum Gasteiger partial charge on any atom is 0.195 e. The minimum absolute atomic E-state index is 0.615. The molecule has 0 amide bonds. The summed E-state index contributed by atoms with van der Waals surface area (Å²) >= 11 is 0. The molecule has 25 heavy (non-hydrogen) atoms. The molecular weight excluding hydrogens is 316 g/mol. The summed E-state index contributed by atoms with van der Waals surface area (Å²) in [6.07, 6.45) is 5.09. The van der Waals surface area contributed by atoms with Crippen LogP contribution in [0.4, 0.5) is 5.69 Å². The van der Waals surface area contributed by atoms with E-state index in [0.29, 0.717) is 12.4 Å². The fraction of sp³-hybridized carbons (Fsp3) is 0.632. The van der Waals surface area contributed by atoms with Crippen LogP contribution in [0.15, 0.2) is 23.2 Å². The third kappa shape index (κ3) is 6.46. The first-order valence-electron chi connectivity index (χ1n) is 9.27. The van der Waals surface area contributed by atoms with Gasteiger partial charge in [0.05, 0.1) is 13.7 Å². The Morgan fingerprint density at radius 2 is 2.00 bits per heavy atom. The summed E-state index contributed by atoms with van der Waals surface area (Å²) in [5.74, 6) is 2.24. The van der Waals surface area contributed by atoms with Crippen molar-refractivity contribution in [2.45, 2.75) is 32.6 Å². The molecule has 1 aliphatic heterocycles. The Hall–Kier alpha value is -1.95. The Morgan fingerprint density at radius 3 is 2.68 bits per heavy atom. The van der Waals surface area contributed by atoms with E-state index in [4.69, 9.17) is 9.47 Å². The summed E-state index contributed by atoms with van der Waals surface area (Å²) in [5.41, 5.74) is 0.922. The topological polar surface area (TPSA) is 58.1 Å². The van der Waals surface area contributed by atoms with Crippen LogP contribution in [0.5, 0.6) is 11.5 Å². The number of anilines is 1. The molecule has 2 rings (SSSR count). The monoisotopic (exact) mass is 348 g/mol. The van der Waals surface area contributed by atoms with Crippen LogP contribution >= 0.6 is 0 Å².